The van der Waals surface area contributed by atoms with Crippen LogP contribution >= 0.6 is 15.9 Å². The maximum absolute atomic E-state index is 3.55. The van der Waals surface area contributed by atoms with Crippen LogP contribution in [-0.4, -0.2) is 25.2 Å². The van der Waals surface area contributed by atoms with Crippen LogP contribution in [0.15, 0.2) is 22.7 Å². The van der Waals surface area contributed by atoms with E-state index >= 15 is 0 Å². The minimum absolute atomic E-state index is 0.566. The summed E-state index contributed by atoms with van der Waals surface area (Å²) in [5.74, 6) is 0. The number of benzene rings is 1. The van der Waals surface area contributed by atoms with Crippen LogP contribution in [0, 0.1) is 6.92 Å². The molecule has 1 heterocycles. The quantitative estimate of drug-likeness (QED) is 0.852. The Morgan fingerprint density at radius 2 is 2.12 bits per heavy atom. The number of hydrogen-bond donors (Lipinski definition) is 1. The summed E-state index contributed by atoms with van der Waals surface area (Å²) in [5.41, 5.74) is 2.64. The van der Waals surface area contributed by atoms with E-state index in [2.05, 4.69) is 65.1 Å². The molecule has 0 radical (unpaired) electrons. The normalized spacial score (nSPS) is 25.9. The first-order valence-corrected chi connectivity index (χ1v) is 6.63. The van der Waals surface area contributed by atoms with Crippen molar-refractivity contribution >= 4 is 21.6 Å². The number of nitrogens with zero attached hydrogens (tertiary/aromatic N) is 1. The molecule has 1 N–H and O–H groups in total. The maximum Gasteiger partial charge on any atom is 0.0387 e. The summed E-state index contributed by atoms with van der Waals surface area (Å²) < 4.78 is 1.19. The van der Waals surface area contributed by atoms with E-state index in [1.54, 1.807) is 0 Å². The Morgan fingerprint density at radius 3 is 2.81 bits per heavy atom. The number of piperazine rings is 1. The molecule has 16 heavy (non-hydrogen) atoms. The van der Waals surface area contributed by atoms with Gasteiger partial charge in [0.15, 0.2) is 0 Å². The predicted octanol–water partition coefficient (Wildman–Crippen LogP) is 2.94. The van der Waals surface area contributed by atoms with Crippen LogP contribution < -0.4 is 10.2 Å². The van der Waals surface area contributed by atoms with E-state index in [9.17, 15) is 0 Å². The number of anilines is 1. The predicted molar refractivity (Wildman–Crippen MR) is 73.2 cm³/mol. The van der Waals surface area contributed by atoms with Crippen molar-refractivity contribution in [1.82, 2.24) is 5.32 Å². The zero-order valence-corrected chi connectivity index (χ0v) is 11.7. The first kappa shape index (κ1) is 11.9. The minimum atomic E-state index is 0.566. The van der Waals surface area contributed by atoms with Crippen LogP contribution in [0.4, 0.5) is 5.69 Å². The standard InChI is InChI=1S/C13H19BrN2/c1-9-6-12(4-5-13(9)14)16-8-10(2)15-7-11(16)3/h4-6,10-11,15H,7-8H2,1-3H3. The third-order valence-corrected chi connectivity index (χ3v) is 4.13. The number of nitrogens with one attached hydrogen (secondary N) is 1. The fourth-order valence-corrected chi connectivity index (χ4v) is 2.44. The van der Waals surface area contributed by atoms with Crippen LogP contribution in [0.2, 0.25) is 0 Å². The maximum atomic E-state index is 3.55. The molecule has 2 atom stereocenters. The highest BCUT2D eigenvalue weighted by atomic mass is 79.9. The number of halogens is 1. The van der Waals surface area contributed by atoms with E-state index in [1.165, 1.54) is 15.7 Å². The molecular formula is C13H19BrN2. The number of aryl methyl sites for hydroxylation is 1. The molecule has 2 rings (SSSR count). The summed E-state index contributed by atoms with van der Waals surface area (Å²) in [6, 6.07) is 7.74. The van der Waals surface area contributed by atoms with Gasteiger partial charge in [0.05, 0.1) is 0 Å². The molecule has 0 saturated carbocycles. The van der Waals surface area contributed by atoms with Crippen LogP contribution in [0.1, 0.15) is 19.4 Å². The highest BCUT2D eigenvalue weighted by Gasteiger charge is 2.22. The van der Waals surface area contributed by atoms with Gasteiger partial charge in [-0.3, -0.25) is 0 Å². The third-order valence-electron chi connectivity index (χ3n) is 3.24. The topological polar surface area (TPSA) is 15.3 Å². The fourth-order valence-electron chi connectivity index (χ4n) is 2.19. The van der Waals surface area contributed by atoms with E-state index < -0.39 is 0 Å². The Balaban J connectivity index is 2.24. The second kappa shape index (κ2) is 4.76. The Hall–Kier alpha value is -0.540. The second-order valence-corrected chi connectivity index (χ2v) is 5.60. The molecule has 0 amide bonds. The molecule has 1 aromatic rings. The van der Waals surface area contributed by atoms with Gasteiger partial charge in [0.2, 0.25) is 0 Å². The largest absolute Gasteiger partial charge is 0.366 e. The summed E-state index contributed by atoms with van der Waals surface area (Å²) in [6.07, 6.45) is 0. The summed E-state index contributed by atoms with van der Waals surface area (Å²) in [6.45, 7) is 8.81. The van der Waals surface area contributed by atoms with Gasteiger partial charge in [-0.15, -0.1) is 0 Å². The highest BCUT2D eigenvalue weighted by molar-refractivity contribution is 9.10. The lowest BCUT2D eigenvalue weighted by Gasteiger charge is -2.39. The smallest absolute Gasteiger partial charge is 0.0387 e. The zero-order chi connectivity index (χ0) is 11.7. The van der Waals surface area contributed by atoms with Gasteiger partial charge in [0, 0.05) is 35.3 Å². The lowest BCUT2D eigenvalue weighted by molar-refractivity contribution is 0.425. The van der Waals surface area contributed by atoms with Gasteiger partial charge >= 0.3 is 0 Å². The molecule has 1 aromatic carbocycles. The Labute approximate surface area is 106 Å². The Morgan fingerprint density at radius 1 is 1.38 bits per heavy atom. The van der Waals surface area contributed by atoms with Crippen molar-refractivity contribution in [3.63, 3.8) is 0 Å². The summed E-state index contributed by atoms with van der Waals surface area (Å²) >= 11 is 3.55. The molecule has 1 aliphatic heterocycles. The highest BCUT2D eigenvalue weighted by Crippen LogP contribution is 2.25. The molecule has 3 heteroatoms. The van der Waals surface area contributed by atoms with E-state index in [0.717, 1.165) is 13.1 Å². The van der Waals surface area contributed by atoms with E-state index in [4.69, 9.17) is 0 Å². The lowest BCUT2D eigenvalue weighted by atomic mass is 10.1. The van der Waals surface area contributed by atoms with Crippen molar-refractivity contribution in [2.24, 2.45) is 0 Å². The molecule has 1 saturated heterocycles. The van der Waals surface area contributed by atoms with Gasteiger partial charge in [-0.25, -0.2) is 0 Å². The van der Waals surface area contributed by atoms with Crippen molar-refractivity contribution in [3.8, 4) is 0 Å². The minimum Gasteiger partial charge on any atom is -0.366 e. The molecule has 2 unspecified atom stereocenters. The number of hydrogen-bond acceptors (Lipinski definition) is 2. The van der Waals surface area contributed by atoms with Gasteiger partial charge < -0.3 is 10.2 Å². The van der Waals surface area contributed by atoms with Crippen molar-refractivity contribution in [2.75, 3.05) is 18.0 Å². The summed E-state index contributed by atoms with van der Waals surface area (Å²) in [5, 5.41) is 3.51. The Kier molecular flexibility index (Phi) is 3.55. The second-order valence-electron chi connectivity index (χ2n) is 4.74. The van der Waals surface area contributed by atoms with E-state index in [1.807, 2.05) is 0 Å². The molecule has 0 aliphatic carbocycles. The average Bonchev–Trinajstić information content (AvgIpc) is 2.26. The first-order chi connectivity index (χ1) is 7.58. The molecule has 1 aliphatic rings. The van der Waals surface area contributed by atoms with Crippen molar-refractivity contribution in [1.29, 1.82) is 0 Å². The molecule has 1 fully saturated rings. The molecule has 0 aromatic heterocycles. The average molecular weight is 283 g/mol. The van der Waals surface area contributed by atoms with Crippen molar-refractivity contribution < 1.29 is 0 Å². The monoisotopic (exact) mass is 282 g/mol. The number of rotatable bonds is 1. The van der Waals surface area contributed by atoms with Crippen molar-refractivity contribution in [3.05, 3.63) is 28.2 Å². The Bertz CT molecular complexity index is 378. The van der Waals surface area contributed by atoms with Crippen molar-refractivity contribution in [2.45, 2.75) is 32.9 Å². The van der Waals surface area contributed by atoms with Crippen LogP contribution in [0.5, 0.6) is 0 Å². The molecule has 0 spiro atoms. The molecular weight excluding hydrogens is 264 g/mol. The van der Waals surface area contributed by atoms with Gasteiger partial charge in [-0.2, -0.15) is 0 Å². The van der Waals surface area contributed by atoms with Gasteiger partial charge in [-0.1, -0.05) is 15.9 Å². The molecule has 88 valence electrons. The van der Waals surface area contributed by atoms with Crippen LogP contribution in [-0.2, 0) is 0 Å². The van der Waals surface area contributed by atoms with E-state index in [-0.39, 0.29) is 0 Å². The van der Waals surface area contributed by atoms with Crippen LogP contribution in [0.3, 0.4) is 0 Å². The van der Waals surface area contributed by atoms with E-state index in [0.29, 0.717) is 12.1 Å². The van der Waals surface area contributed by atoms with Gasteiger partial charge in [0.25, 0.3) is 0 Å². The summed E-state index contributed by atoms with van der Waals surface area (Å²) in [4.78, 5) is 2.49. The first-order valence-electron chi connectivity index (χ1n) is 5.84. The molecule has 0 bridgehead atoms. The SMILES string of the molecule is Cc1cc(N2CC(C)NCC2C)ccc1Br. The fraction of sp³-hybridized carbons (Fsp3) is 0.538. The zero-order valence-electron chi connectivity index (χ0n) is 10.1. The lowest BCUT2D eigenvalue weighted by Crippen LogP contribution is -2.54. The summed E-state index contributed by atoms with van der Waals surface area (Å²) in [7, 11) is 0. The van der Waals surface area contributed by atoms with Gasteiger partial charge in [0.1, 0.15) is 0 Å². The van der Waals surface area contributed by atoms with Crippen LogP contribution in [0.25, 0.3) is 0 Å². The van der Waals surface area contributed by atoms with Gasteiger partial charge in [-0.05, 0) is 44.5 Å². The third kappa shape index (κ3) is 2.41. The molecule has 2 nitrogen and oxygen atoms in total.